The van der Waals surface area contributed by atoms with Crippen LogP contribution < -0.4 is 10.3 Å². The quantitative estimate of drug-likeness (QED) is 0.806. The van der Waals surface area contributed by atoms with E-state index in [-0.39, 0.29) is 30.0 Å². The Bertz CT molecular complexity index is 902. The largest absolute Gasteiger partial charge is 0.470 e. The average molecular weight is 373 g/mol. The molecule has 2 aromatic rings. The standard InChI is InChI=1S/C19H20FN3O4/c20-15-4-3-7-21-18(15)27-14-10-19(26-12-14)6-9-23(13-19)17(25)11-22-8-2-1-5-16(22)24/h1-5,7-8,14H,6,9-13H2/t14-,19+/m1/s1. The van der Waals surface area contributed by atoms with E-state index >= 15 is 0 Å². The van der Waals surface area contributed by atoms with E-state index < -0.39 is 11.4 Å². The van der Waals surface area contributed by atoms with Crippen molar-refractivity contribution in [3.05, 3.63) is 58.9 Å². The van der Waals surface area contributed by atoms with E-state index in [1.165, 1.54) is 29.0 Å². The summed E-state index contributed by atoms with van der Waals surface area (Å²) in [6, 6.07) is 7.60. The van der Waals surface area contributed by atoms with Crippen molar-refractivity contribution in [1.29, 1.82) is 0 Å². The molecule has 2 saturated heterocycles. The van der Waals surface area contributed by atoms with Crippen molar-refractivity contribution in [2.24, 2.45) is 0 Å². The molecule has 0 N–H and O–H groups in total. The second-order valence-electron chi connectivity index (χ2n) is 6.96. The lowest BCUT2D eigenvalue weighted by atomic mass is 9.98. The number of amides is 1. The van der Waals surface area contributed by atoms with Crippen LogP contribution in [-0.4, -0.2) is 51.8 Å². The molecule has 2 aliphatic rings. The number of carbonyl (C=O) groups is 1. The number of nitrogens with zero attached hydrogens (tertiary/aromatic N) is 3. The number of carbonyl (C=O) groups excluding carboxylic acids is 1. The third-order valence-corrected chi connectivity index (χ3v) is 5.05. The Kier molecular flexibility index (Phi) is 4.65. The van der Waals surface area contributed by atoms with Gasteiger partial charge in [0.1, 0.15) is 12.6 Å². The van der Waals surface area contributed by atoms with E-state index in [1.54, 1.807) is 23.2 Å². The lowest BCUT2D eigenvalue weighted by Crippen LogP contribution is -2.38. The van der Waals surface area contributed by atoms with Crippen molar-refractivity contribution in [2.75, 3.05) is 19.7 Å². The molecule has 4 rings (SSSR count). The molecule has 4 heterocycles. The van der Waals surface area contributed by atoms with E-state index in [4.69, 9.17) is 9.47 Å². The molecule has 2 aromatic heterocycles. The van der Waals surface area contributed by atoms with E-state index in [0.717, 1.165) is 0 Å². The van der Waals surface area contributed by atoms with Crippen LogP contribution in [0.3, 0.4) is 0 Å². The first kappa shape index (κ1) is 17.7. The highest BCUT2D eigenvalue weighted by Gasteiger charge is 2.47. The maximum Gasteiger partial charge on any atom is 0.250 e. The van der Waals surface area contributed by atoms with E-state index in [9.17, 15) is 14.0 Å². The molecule has 27 heavy (non-hydrogen) atoms. The molecule has 0 radical (unpaired) electrons. The van der Waals surface area contributed by atoms with Crippen LogP contribution in [0.1, 0.15) is 12.8 Å². The normalized spacial score (nSPS) is 24.5. The fraction of sp³-hybridized carbons (Fsp3) is 0.421. The first-order valence-electron chi connectivity index (χ1n) is 8.89. The van der Waals surface area contributed by atoms with Gasteiger partial charge in [0.25, 0.3) is 11.4 Å². The summed E-state index contributed by atoms with van der Waals surface area (Å²) in [6.45, 7) is 1.34. The predicted octanol–water partition coefficient (Wildman–Crippen LogP) is 1.22. The number of pyridine rings is 2. The summed E-state index contributed by atoms with van der Waals surface area (Å²) in [5.41, 5.74) is -0.685. The van der Waals surface area contributed by atoms with Gasteiger partial charge in [-0.2, -0.15) is 0 Å². The summed E-state index contributed by atoms with van der Waals surface area (Å²) < 4.78 is 26.7. The molecule has 2 aliphatic heterocycles. The van der Waals surface area contributed by atoms with Crippen LogP contribution in [0.5, 0.6) is 5.88 Å². The topological polar surface area (TPSA) is 73.7 Å². The first-order valence-corrected chi connectivity index (χ1v) is 8.89. The Morgan fingerprint density at radius 3 is 3.07 bits per heavy atom. The zero-order valence-corrected chi connectivity index (χ0v) is 14.7. The molecule has 8 heteroatoms. The van der Waals surface area contributed by atoms with Crippen molar-refractivity contribution >= 4 is 5.91 Å². The summed E-state index contributed by atoms with van der Waals surface area (Å²) in [6.07, 6.45) is 4.03. The molecule has 0 saturated carbocycles. The van der Waals surface area contributed by atoms with Gasteiger partial charge in [0.2, 0.25) is 5.91 Å². The fourth-order valence-corrected chi connectivity index (χ4v) is 3.67. The van der Waals surface area contributed by atoms with Crippen LogP contribution >= 0.6 is 0 Å². The van der Waals surface area contributed by atoms with E-state index in [2.05, 4.69) is 4.98 Å². The van der Waals surface area contributed by atoms with Gasteiger partial charge in [-0.25, -0.2) is 9.37 Å². The fourth-order valence-electron chi connectivity index (χ4n) is 3.67. The minimum atomic E-state index is -0.505. The van der Waals surface area contributed by atoms with E-state index in [0.29, 0.717) is 32.5 Å². The third kappa shape index (κ3) is 3.71. The van der Waals surface area contributed by atoms with Crippen molar-refractivity contribution in [2.45, 2.75) is 31.1 Å². The van der Waals surface area contributed by atoms with Crippen LogP contribution in [-0.2, 0) is 16.1 Å². The lowest BCUT2D eigenvalue weighted by molar-refractivity contribution is -0.132. The zero-order valence-electron chi connectivity index (χ0n) is 14.7. The van der Waals surface area contributed by atoms with Gasteiger partial charge in [0.05, 0.1) is 12.2 Å². The van der Waals surface area contributed by atoms with Crippen molar-refractivity contribution < 1.29 is 18.7 Å². The molecular formula is C19H20FN3O4. The predicted molar refractivity (Wildman–Crippen MR) is 93.8 cm³/mol. The second-order valence-corrected chi connectivity index (χ2v) is 6.96. The van der Waals surface area contributed by atoms with Gasteiger partial charge in [-0.15, -0.1) is 0 Å². The molecule has 142 valence electrons. The van der Waals surface area contributed by atoms with Crippen LogP contribution in [0.4, 0.5) is 4.39 Å². The number of rotatable bonds is 4. The van der Waals surface area contributed by atoms with Crippen LogP contribution in [0, 0.1) is 5.82 Å². The lowest BCUT2D eigenvalue weighted by Gasteiger charge is -2.23. The number of aromatic nitrogens is 2. The van der Waals surface area contributed by atoms with Crippen LogP contribution in [0.15, 0.2) is 47.5 Å². The zero-order chi connectivity index (χ0) is 18.9. The van der Waals surface area contributed by atoms with Gasteiger partial charge >= 0.3 is 0 Å². The van der Waals surface area contributed by atoms with Gasteiger partial charge in [-0.3, -0.25) is 9.59 Å². The molecule has 2 fully saturated rings. The van der Waals surface area contributed by atoms with Crippen LogP contribution in [0.2, 0.25) is 0 Å². The minimum Gasteiger partial charge on any atom is -0.470 e. The first-order chi connectivity index (χ1) is 13.0. The van der Waals surface area contributed by atoms with Gasteiger partial charge in [-0.1, -0.05) is 6.07 Å². The van der Waals surface area contributed by atoms with Gasteiger partial charge < -0.3 is 18.9 Å². The molecular weight excluding hydrogens is 353 g/mol. The molecule has 7 nitrogen and oxygen atoms in total. The van der Waals surface area contributed by atoms with Crippen molar-refractivity contribution in [3.63, 3.8) is 0 Å². The summed E-state index contributed by atoms with van der Waals surface area (Å²) in [5, 5.41) is 0. The van der Waals surface area contributed by atoms with Crippen LogP contribution in [0.25, 0.3) is 0 Å². The highest BCUT2D eigenvalue weighted by molar-refractivity contribution is 5.76. The average Bonchev–Trinajstić information content (AvgIpc) is 3.26. The molecule has 0 aromatic carbocycles. The Labute approximate surface area is 155 Å². The number of hydrogen-bond donors (Lipinski definition) is 0. The Hall–Kier alpha value is -2.74. The summed E-state index contributed by atoms with van der Waals surface area (Å²) in [5.74, 6) is -0.656. The van der Waals surface area contributed by atoms with Gasteiger partial charge in [0, 0.05) is 38.0 Å². The van der Waals surface area contributed by atoms with Crippen molar-refractivity contribution in [1.82, 2.24) is 14.5 Å². The highest BCUT2D eigenvalue weighted by Crippen LogP contribution is 2.36. The van der Waals surface area contributed by atoms with E-state index in [1.807, 2.05) is 0 Å². The molecule has 0 aliphatic carbocycles. The summed E-state index contributed by atoms with van der Waals surface area (Å²) in [4.78, 5) is 29.9. The molecule has 1 spiro atoms. The second kappa shape index (κ2) is 7.11. The molecule has 0 bridgehead atoms. The van der Waals surface area contributed by atoms with Gasteiger partial charge in [-0.05, 0) is 24.6 Å². The monoisotopic (exact) mass is 373 g/mol. The number of hydrogen-bond acceptors (Lipinski definition) is 5. The Morgan fingerprint density at radius 2 is 2.26 bits per heavy atom. The summed E-state index contributed by atoms with van der Waals surface area (Å²) >= 11 is 0. The molecule has 2 atom stereocenters. The van der Waals surface area contributed by atoms with Crippen molar-refractivity contribution in [3.8, 4) is 5.88 Å². The Balaban J connectivity index is 1.36. The molecule has 1 amide bonds. The maximum absolute atomic E-state index is 13.7. The number of ether oxygens (including phenoxy) is 2. The maximum atomic E-state index is 13.7. The minimum absolute atomic E-state index is 0.00876. The third-order valence-electron chi connectivity index (χ3n) is 5.05. The smallest absolute Gasteiger partial charge is 0.250 e. The Morgan fingerprint density at radius 1 is 1.37 bits per heavy atom. The summed E-state index contributed by atoms with van der Waals surface area (Å²) in [7, 11) is 0. The number of likely N-dealkylation sites (tertiary alicyclic amines) is 1. The SMILES string of the molecule is O=C(Cn1ccccc1=O)N1CC[C@]2(C[C@@H](Oc3ncccc3F)CO2)C1. The number of halogens is 1. The van der Waals surface area contributed by atoms with Gasteiger partial charge in [0.15, 0.2) is 5.82 Å². The molecule has 0 unspecified atom stereocenters. The highest BCUT2D eigenvalue weighted by atomic mass is 19.1.